The first-order valence-electron chi connectivity index (χ1n) is 8.20. The van der Waals surface area contributed by atoms with Gasteiger partial charge in [-0.05, 0) is 25.1 Å². The molecule has 0 saturated carbocycles. The number of piperazine rings is 1. The summed E-state index contributed by atoms with van der Waals surface area (Å²) in [6.45, 7) is 4.07. The molecule has 1 N–H and O–H groups in total. The van der Waals surface area contributed by atoms with Gasteiger partial charge in [0.2, 0.25) is 6.41 Å². The minimum absolute atomic E-state index is 0.112. The van der Waals surface area contributed by atoms with Gasteiger partial charge in [0.1, 0.15) is 17.5 Å². The zero-order valence-electron chi connectivity index (χ0n) is 14.4. The fourth-order valence-corrected chi connectivity index (χ4v) is 2.93. The van der Waals surface area contributed by atoms with Crippen LogP contribution < -0.4 is 10.2 Å². The van der Waals surface area contributed by atoms with Crippen LogP contribution >= 0.6 is 11.6 Å². The Hall–Kier alpha value is -2.55. The number of hydrogen-bond acceptors (Lipinski definition) is 5. The lowest BCUT2D eigenvalue weighted by Crippen LogP contribution is -2.46. The topological polar surface area (TPSA) is 61.4 Å². The number of hydrogen-bond donors (Lipinski definition) is 1. The zero-order chi connectivity index (χ0) is 19.6. The normalized spacial score (nSPS) is 15.0. The van der Waals surface area contributed by atoms with Crippen LogP contribution in [0.25, 0.3) is 0 Å². The minimum Gasteiger partial charge on any atom is -0.353 e. The monoisotopic (exact) mass is 399 g/mol. The van der Waals surface area contributed by atoms with E-state index in [2.05, 4.69) is 15.3 Å². The molecule has 1 amide bonds. The van der Waals surface area contributed by atoms with E-state index in [1.54, 1.807) is 17.9 Å². The lowest BCUT2D eigenvalue weighted by atomic mass is 10.2. The van der Waals surface area contributed by atoms with E-state index in [0.29, 0.717) is 43.6 Å². The molecule has 1 aromatic carbocycles. The third kappa shape index (κ3) is 4.60. The van der Waals surface area contributed by atoms with Crippen molar-refractivity contribution in [2.45, 2.75) is 13.1 Å². The molecule has 0 atom stereocenters. The standard InChI is InChI=1S/C17H17ClF3N5O/c1-11-22-15(9-16(23-11)26-6-4-25(10-27)5-7-26)24-14-8-12(17(19,20)21)2-3-13(14)18/h2-3,8-10H,4-7H2,1H3,(H,22,23,24). The van der Waals surface area contributed by atoms with E-state index in [1.807, 2.05) is 4.90 Å². The van der Waals surface area contributed by atoms with E-state index >= 15 is 0 Å². The molecule has 10 heteroatoms. The number of anilines is 3. The lowest BCUT2D eigenvalue weighted by molar-refractivity contribution is -0.137. The number of halogens is 4. The van der Waals surface area contributed by atoms with E-state index in [4.69, 9.17) is 11.6 Å². The molecule has 27 heavy (non-hydrogen) atoms. The van der Waals surface area contributed by atoms with Crippen LogP contribution in [0.2, 0.25) is 5.02 Å². The van der Waals surface area contributed by atoms with Crippen molar-refractivity contribution in [3.63, 3.8) is 0 Å². The largest absolute Gasteiger partial charge is 0.416 e. The van der Waals surface area contributed by atoms with Crippen molar-refractivity contribution in [2.24, 2.45) is 0 Å². The number of carbonyl (C=O) groups excluding carboxylic acids is 1. The van der Waals surface area contributed by atoms with Crippen molar-refractivity contribution in [1.82, 2.24) is 14.9 Å². The maximum atomic E-state index is 12.9. The average Bonchev–Trinajstić information content (AvgIpc) is 2.62. The summed E-state index contributed by atoms with van der Waals surface area (Å²) in [4.78, 5) is 23.1. The summed E-state index contributed by atoms with van der Waals surface area (Å²) in [5, 5.41) is 3.00. The summed E-state index contributed by atoms with van der Waals surface area (Å²) >= 11 is 6.03. The summed E-state index contributed by atoms with van der Waals surface area (Å²) in [7, 11) is 0. The van der Waals surface area contributed by atoms with Crippen LogP contribution in [0.15, 0.2) is 24.3 Å². The Morgan fingerprint density at radius 1 is 1.15 bits per heavy atom. The third-order valence-corrected chi connectivity index (χ3v) is 4.50. The molecule has 0 spiro atoms. The van der Waals surface area contributed by atoms with Crippen molar-refractivity contribution in [1.29, 1.82) is 0 Å². The van der Waals surface area contributed by atoms with Gasteiger partial charge in [-0.15, -0.1) is 0 Å². The van der Waals surface area contributed by atoms with Crippen molar-refractivity contribution in [3.05, 3.63) is 40.7 Å². The molecule has 1 fully saturated rings. The Bertz CT molecular complexity index is 838. The number of aromatic nitrogens is 2. The van der Waals surface area contributed by atoms with Gasteiger partial charge in [0, 0.05) is 32.2 Å². The van der Waals surface area contributed by atoms with Crippen LogP contribution in [0.4, 0.5) is 30.5 Å². The highest BCUT2D eigenvalue weighted by Gasteiger charge is 2.31. The number of carbonyl (C=O) groups is 1. The zero-order valence-corrected chi connectivity index (χ0v) is 15.2. The average molecular weight is 400 g/mol. The number of alkyl halides is 3. The maximum Gasteiger partial charge on any atom is 0.416 e. The molecule has 6 nitrogen and oxygen atoms in total. The van der Waals surface area contributed by atoms with E-state index in [1.165, 1.54) is 6.07 Å². The van der Waals surface area contributed by atoms with Gasteiger partial charge in [-0.3, -0.25) is 4.79 Å². The smallest absolute Gasteiger partial charge is 0.353 e. The highest BCUT2D eigenvalue weighted by molar-refractivity contribution is 6.33. The van der Waals surface area contributed by atoms with Gasteiger partial charge in [0.25, 0.3) is 0 Å². The van der Waals surface area contributed by atoms with E-state index in [9.17, 15) is 18.0 Å². The van der Waals surface area contributed by atoms with Gasteiger partial charge in [0.15, 0.2) is 0 Å². The summed E-state index contributed by atoms with van der Waals surface area (Å²) in [6.07, 6.45) is -3.66. The molecular weight excluding hydrogens is 383 g/mol. The van der Waals surface area contributed by atoms with Gasteiger partial charge < -0.3 is 15.1 Å². The molecule has 1 aromatic heterocycles. The Labute approximate surface area is 159 Å². The number of nitrogens with one attached hydrogen (secondary N) is 1. The van der Waals surface area contributed by atoms with Crippen molar-refractivity contribution in [2.75, 3.05) is 36.4 Å². The molecule has 2 aromatic rings. The summed E-state index contributed by atoms with van der Waals surface area (Å²) in [5.74, 6) is 1.45. The summed E-state index contributed by atoms with van der Waals surface area (Å²) in [5.41, 5.74) is -0.688. The first-order chi connectivity index (χ1) is 12.8. The Kier molecular flexibility index (Phi) is 5.41. The number of benzene rings is 1. The predicted octanol–water partition coefficient (Wildman–Crippen LogP) is 3.48. The van der Waals surface area contributed by atoms with Gasteiger partial charge >= 0.3 is 6.18 Å². The molecule has 2 heterocycles. The van der Waals surface area contributed by atoms with Crippen LogP contribution in [0, 0.1) is 6.92 Å². The lowest BCUT2D eigenvalue weighted by Gasteiger charge is -2.33. The minimum atomic E-state index is -4.47. The quantitative estimate of drug-likeness (QED) is 0.797. The predicted molar refractivity (Wildman–Crippen MR) is 96.4 cm³/mol. The number of amides is 1. The van der Waals surface area contributed by atoms with Crippen molar-refractivity contribution < 1.29 is 18.0 Å². The van der Waals surface area contributed by atoms with Crippen LogP contribution in [-0.2, 0) is 11.0 Å². The van der Waals surface area contributed by atoms with Gasteiger partial charge in [-0.25, -0.2) is 9.97 Å². The summed E-state index contributed by atoms with van der Waals surface area (Å²) < 4.78 is 38.8. The second-order valence-electron chi connectivity index (χ2n) is 6.10. The fourth-order valence-electron chi connectivity index (χ4n) is 2.77. The molecule has 0 unspecified atom stereocenters. The molecule has 0 radical (unpaired) electrons. The first-order valence-corrected chi connectivity index (χ1v) is 8.58. The highest BCUT2D eigenvalue weighted by Crippen LogP contribution is 2.35. The van der Waals surface area contributed by atoms with E-state index < -0.39 is 11.7 Å². The second-order valence-corrected chi connectivity index (χ2v) is 6.51. The Morgan fingerprint density at radius 3 is 2.48 bits per heavy atom. The van der Waals surface area contributed by atoms with Crippen LogP contribution in [0.5, 0.6) is 0 Å². The Balaban J connectivity index is 1.84. The molecule has 1 aliphatic rings. The molecule has 1 aliphatic heterocycles. The molecule has 0 aliphatic carbocycles. The molecule has 144 valence electrons. The third-order valence-electron chi connectivity index (χ3n) is 4.17. The number of aryl methyl sites for hydroxylation is 1. The fraction of sp³-hybridized carbons (Fsp3) is 0.353. The van der Waals surface area contributed by atoms with Crippen molar-refractivity contribution in [3.8, 4) is 0 Å². The van der Waals surface area contributed by atoms with Gasteiger partial charge in [-0.1, -0.05) is 11.6 Å². The van der Waals surface area contributed by atoms with E-state index in [-0.39, 0.29) is 10.7 Å². The van der Waals surface area contributed by atoms with Crippen LogP contribution in [-0.4, -0.2) is 47.5 Å². The van der Waals surface area contributed by atoms with Crippen LogP contribution in [0.3, 0.4) is 0 Å². The van der Waals surface area contributed by atoms with E-state index in [0.717, 1.165) is 18.5 Å². The highest BCUT2D eigenvalue weighted by atomic mass is 35.5. The van der Waals surface area contributed by atoms with Gasteiger partial charge in [0.05, 0.1) is 16.3 Å². The number of rotatable bonds is 4. The SMILES string of the molecule is Cc1nc(Nc2cc(C(F)(F)F)ccc2Cl)cc(N2CCN(C=O)CC2)n1. The number of nitrogens with zero attached hydrogens (tertiary/aromatic N) is 4. The first kappa shape index (κ1) is 19.2. The Morgan fingerprint density at radius 2 is 1.85 bits per heavy atom. The van der Waals surface area contributed by atoms with Crippen molar-refractivity contribution >= 4 is 35.3 Å². The maximum absolute atomic E-state index is 12.9. The molecule has 1 saturated heterocycles. The molecule has 3 rings (SSSR count). The molecular formula is C17H17ClF3N5O. The molecule has 0 bridgehead atoms. The summed E-state index contributed by atoms with van der Waals surface area (Å²) in [6, 6.07) is 4.72. The van der Waals surface area contributed by atoms with Crippen LogP contribution in [0.1, 0.15) is 11.4 Å². The van der Waals surface area contributed by atoms with Gasteiger partial charge in [-0.2, -0.15) is 13.2 Å². The second kappa shape index (κ2) is 7.59.